The molecule has 86 valence electrons. The van der Waals surface area contributed by atoms with Crippen LogP contribution in [-0.2, 0) is 14.3 Å². The molecule has 0 spiro atoms. The van der Waals surface area contributed by atoms with Gasteiger partial charge in [0.1, 0.15) is 12.4 Å². The average molecular weight is 224 g/mol. The summed E-state index contributed by atoms with van der Waals surface area (Å²) in [5.41, 5.74) is 0.0886. The molecule has 0 aromatic heterocycles. The second-order valence-corrected chi connectivity index (χ2v) is 3.07. The van der Waals surface area contributed by atoms with E-state index in [-0.39, 0.29) is 12.2 Å². The highest BCUT2D eigenvalue weighted by molar-refractivity contribution is 5.92. The quantitative estimate of drug-likeness (QED) is 0.291. The van der Waals surface area contributed by atoms with E-state index >= 15 is 0 Å². The van der Waals surface area contributed by atoms with Crippen LogP contribution in [0.5, 0.6) is 0 Å². The van der Waals surface area contributed by atoms with Crippen LogP contribution in [0.3, 0.4) is 0 Å². The molecule has 5 heteroatoms. The Kier molecular flexibility index (Phi) is 4.63. The molecule has 2 atom stereocenters. The Morgan fingerprint density at radius 1 is 1.38 bits per heavy atom. The molecule has 1 heterocycles. The van der Waals surface area contributed by atoms with E-state index in [1.165, 1.54) is 30.4 Å². The number of aliphatic hydroxyl groups is 2. The minimum Gasteiger partial charge on any atom is -0.452 e. The van der Waals surface area contributed by atoms with Crippen molar-refractivity contribution in [2.45, 2.75) is 12.2 Å². The molecule has 2 N–H and O–H groups in total. The Morgan fingerprint density at radius 2 is 2.12 bits per heavy atom. The van der Waals surface area contributed by atoms with Crippen molar-refractivity contribution < 1.29 is 24.5 Å². The highest BCUT2D eigenvalue weighted by Crippen LogP contribution is 2.22. The number of rotatable bonds is 4. The van der Waals surface area contributed by atoms with Crippen LogP contribution < -0.4 is 0 Å². The van der Waals surface area contributed by atoms with E-state index < -0.39 is 18.2 Å². The van der Waals surface area contributed by atoms with Gasteiger partial charge in [0.15, 0.2) is 6.10 Å². The maximum atomic E-state index is 11.3. The first kappa shape index (κ1) is 12.4. The second-order valence-electron chi connectivity index (χ2n) is 3.07. The van der Waals surface area contributed by atoms with E-state index in [2.05, 4.69) is 0 Å². The van der Waals surface area contributed by atoms with E-state index in [9.17, 15) is 14.7 Å². The molecule has 0 radical (unpaired) electrons. The SMILES string of the molecule is O=C/C=C/C=C1\C(=O)O[C@H](/C=C/CO)[C@H]1O. The van der Waals surface area contributed by atoms with Gasteiger partial charge in [-0.25, -0.2) is 4.79 Å². The number of cyclic esters (lactones) is 1. The minimum atomic E-state index is -1.08. The van der Waals surface area contributed by atoms with E-state index in [1.54, 1.807) is 0 Å². The van der Waals surface area contributed by atoms with Crippen molar-refractivity contribution in [2.75, 3.05) is 6.61 Å². The molecule has 0 amide bonds. The molecule has 1 aliphatic rings. The van der Waals surface area contributed by atoms with Gasteiger partial charge >= 0.3 is 5.97 Å². The van der Waals surface area contributed by atoms with Crippen molar-refractivity contribution in [3.8, 4) is 0 Å². The molecule has 0 aromatic carbocycles. The summed E-state index contributed by atoms with van der Waals surface area (Å²) in [6, 6.07) is 0. The van der Waals surface area contributed by atoms with E-state index in [0.29, 0.717) is 6.29 Å². The van der Waals surface area contributed by atoms with Gasteiger partial charge < -0.3 is 14.9 Å². The van der Waals surface area contributed by atoms with Crippen LogP contribution in [0.25, 0.3) is 0 Å². The summed E-state index contributed by atoms with van der Waals surface area (Å²) in [5, 5.41) is 18.2. The monoisotopic (exact) mass is 224 g/mol. The van der Waals surface area contributed by atoms with Crippen LogP contribution in [0.15, 0.2) is 36.0 Å². The van der Waals surface area contributed by atoms with Crippen LogP contribution in [0.2, 0.25) is 0 Å². The van der Waals surface area contributed by atoms with Gasteiger partial charge in [0.25, 0.3) is 0 Å². The zero-order valence-electron chi connectivity index (χ0n) is 8.45. The van der Waals surface area contributed by atoms with Crippen LogP contribution in [0.4, 0.5) is 0 Å². The van der Waals surface area contributed by atoms with Gasteiger partial charge in [-0.15, -0.1) is 0 Å². The topological polar surface area (TPSA) is 83.8 Å². The van der Waals surface area contributed by atoms with Crippen molar-refractivity contribution in [3.63, 3.8) is 0 Å². The van der Waals surface area contributed by atoms with Gasteiger partial charge in [-0.2, -0.15) is 0 Å². The summed E-state index contributed by atoms with van der Waals surface area (Å²) < 4.78 is 4.84. The predicted molar refractivity (Wildman–Crippen MR) is 55.4 cm³/mol. The lowest BCUT2D eigenvalue weighted by Gasteiger charge is -2.06. The Balaban J connectivity index is 2.78. The minimum absolute atomic E-state index is 0.0886. The second kappa shape index (κ2) is 5.99. The first-order valence-electron chi connectivity index (χ1n) is 4.69. The van der Waals surface area contributed by atoms with Crippen LogP contribution in [0, 0.1) is 0 Å². The molecule has 1 fully saturated rings. The number of carbonyl (C=O) groups is 2. The highest BCUT2D eigenvalue weighted by Gasteiger charge is 2.36. The number of esters is 1. The van der Waals surface area contributed by atoms with Crippen LogP contribution in [0.1, 0.15) is 0 Å². The summed E-state index contributed by atoms with van der Waals surface area (Å²) in [4.78, 5) is 21.3. The fourth-order valence-electron chi connectivity index (χ4n) is 1.26. The Morgan fingerprint density at radius 3 is 2.75 bits per heavy atom. The third kappa shape index (κ3) is 2.88. The molecule has 0 unspecified atom stereocenters. The standard InChI is InChI=1S/C11H12O5/c12-6-2-1-4-8-10(14)9(5-3-7-13)16-11(8)15/h1-6,9-10,13-14H,7H2/b2-1+,5-3+,8-4-/t9-,10+/m1/s1. The smallest absolute Gasteiger partial charge is 0.337 e. The molecule has 1 rings (SSSR count). The van der Waals surface area contributed by atoms with Gasteiger partial charge in [0.2, 0.25) is 0 Å². The fraction of sp³-hybridized carbons (Fsp3) is 0.273. The van der Waals surface area contributed by atoms with Gasteiger partial charge in [0, 0.05) is 0 Å². The number of hydrogen-bond acceptors (Lipinski definition) is 5. The largest absolute Gasteiger partial charge is 0.452 e. The van der Waals surface area contributed by atoms with E-state index in [4.69, 9.17) is 9.84 Å². The average Bonchev–Trinajstić information content (AvgIpc) is 2.54. The van der Waals surface area contributed by atoms with Crippen LogP contribution >= 0.6 is 0 Å². The summed E-state index contributed by atoms with van der Waals surface area (Å²) in [7, 11) is 0. The zero-order chi connectivity index (χ0) is 12.0. The van der Waals surface area contributed by atoms with Crippen molar-refractivity contribution in [2.24, 2.45) is 0 Å². The Labute approximate surface area is 92.3 Å². The van der Waals surface area contributed by atoms with Gasteiger partial charge in [-0.1, -0.05) is 12.2 Å². The Hall–Kier alpha value is -1.72. The van der Waals surface area contributed by atoms with Crippen molar-refractivity contribution in [1.82, 2.24) is 0 Å². The molecule has 0 aliphatic carbocycles. The molecule has 0 aromatic rings. The molecule has 16 heavy (non-hydrogen) atoms. The number of aliphatic hydroxyl groups excluding tert-OH is 2. The third-order valence-electron chi connectivity index (χ3n) is 2.01. The first-order valence-corrected chi connectivity index (χ1v) is 4.69. The van der Waals surface area contributed by atoms with E-state index in [0.717, 1.165) is 0 Å². The summed E-state index contributed by atoms with van der Waals surface area (Å²) in [5.74, 6) is -0.629. The van der Waals surface area contributed by atoms with Gasteiger partial charge in [-0.3, -0.25) is 4.79 Å². The normalized spacial score (nSPS) is 28.1. The van der Waals surface area contributed by atoms with E-state index in [1.807, 2.05) is 0 Å². The highest BCUT2D eigenvalue weighted by atomic mass is 16.6. The van der Waals surface area contributed by atoms with Crippen molar-refractivity contribution in [3.05, 3.63) is 36.0 Å². The molecule has 0 bridgehead atoms. The lowest BCUT2D eigenvalue weighted by Crippen LogP contribution is -2.19. The lowest BCUT2D eigenvalue weighted by molar-refractivity contribution is -0.137. The molecule has 5 nitrogen and oxygen atoms in total. The summed E-state index contributed by atoms with van der Waals surface area (Å²) >= 11 is 0. The number of hydrogen-bond donors (Lipinski definition) is 2. The molecule has 0 saturated carbocycles. The number of allylic oxidation sites excluding steroid dienone is 3. The maximum absolute atomic E-state index is 11.3. The molecule has 1 saturated heterocycles. The fourth-order valence-corrected chi connectivity index (χ4v) is 1.26. The summed E-state index contributed by atoms with van der Waals surface area (Å²) in [6.07, 6.45) is 5.37. The lowest BCUT2D eigenvalue weighted by atomic mass is 10.1. The molecule has 1 aliphatic heterocycles. The molecular weight excluding hydrogens is 212 g/mol. The Bertz CT molecular complexity index is 353. The molecular formula is C11H12O5. The van der Waals surface area contributed by atoms with Crippen molar-refractivity contribution in [1.29, 1.82) is 0 Å². The number of aldehydes is 1. The van der Waals surface area contributed by atoms with Gasteiger partial charge in [0.05, 0.1) is 12.2 Å². The van der Waals surface area contributed by atoms with Gasteiger partial charge in [-0.05, 0) is 18.2 Å². The predicted octanol–water partition coefficient (Wildman–Crippen LogP) is -0.497. The first-order chi connectivity index (χ1) is 7.70. The number of carbonyl (C=O) groups excluding carboxylic acids is 2. The zero-order valence-corrected chi connectivity index (χ0v) is 8.45. The van der Waals surface area contributed by atoms with Crippen LogP contribution in [-0.4, -0.2) is 41.3 Å². The number of ether oxygens (including phenoxy) is 1. The van der Waals surface area contributed by atoms with Crippen molar-refractivity contribution >= 4 is 12.3 Å². The third-order valence-corrected chi connectivity index (χ3v) is 2.01. The maximum Gasteiger partial charge on any atom is 0.337 e. The summed E-state index contributed by atoms with van der Waals surface area (Å²) in [6.45, 7) is -0.190.